The Labute approximate surface area is 82.2 Å². The minimum absolute atomic E-state index is 0.254. The molecule has 1 heterocycles. The number of rotatable bonds is 2. The monoisotopic (exact) mass is 191 g/mol. The fourth-order valence-electron chi connectivity index (χ4n) is 1.43. The van der Waals surface area contributed by atoms with Crippen LogP contribution in [0.5, 0.6) is 5.75 Å². The van der Waals surface area contributed by atoms with Crippen LogP contribution in [-0.2, 0) is 6.54 Å². The molecule has 14 heavy (non-hydrogen) atoms. The second kappa shape index (κ2) is 3.29. The average Bonchev–Trinajstić information content (AvgIpc) is 2.47. The lowest BCUT2D eigenvalue weighted by Crippen LogP contribution is -2.05. The first-order chi connectivity index (χ1) is 6.66. The van der Waals surface area contributed by atoms with Gasteiger partial charge in [-0.15, -0.1) is 5.10 Å². The zero-order valence-electron chi connectivity index (χ0n) is 8.31. The van der Waals surface area contributed by atoms with Crippen LogP contribution >= 0.6 is 0 Å². The van der Waals surface area contributed by atoms with E-state index in [-0.39, 0.29) is 5.75 Å². The van der Waals surface area contributed by atoms with Gasteiger partial charge in [-0.1, -0.05) is 19.1 Å². The van der Waals surface area contributed by atoms with Gasteiger partial charge in [0.15, 0.2) is 0 Å². The van der Waals surface area contributed by atoms with Gasteiger partial charge < -0.3 is 5.11 Å². The fraction of sp³-hybridized carbons (Fsp3) is 0.400. The van der Waals surface area contributed by atoms with E-state index < -0.39 is 0 Å². The van der Waals surface area contributed by atoms with Crippen LogP contribution in [0.2, 0.25) is 0 Å². The van der Waals surface area contributed by atoms with Crippen LogP contribution in [0.15, 0.2) is 18.2 Å². The number of hydrogen-bond acceptors (Lipinski definition) is 3. The number of phenols is 1. The number of aromatic hydroxyl groups is 1. The van der Waals surface area contributed by atoms with Gasteiger partial charge in [0.25, 0.3) is 0 Å². The summed E-state index contributed by atoms with van der Waals surface area (Å²) in [6.07, 6.45) is 0. The first kappa shape index (κ1) is 8.99. The molecular weight excluding hydrogens is 178 g/mol. The molecule has 74 valence electrons. The molecule has 0 atom stereocenters. The molecule has 0 saturated heterocycles. The summed E-state index contributed by atoms with van der Waals surface area (Å²) >= 11 is 0. The molecule has 0 spiro atoms. The quantitative estimate of drug-likeness (QED) is 0.787. The van der Waals surface area contributed by atoms with Gasteiger partial charge in [-0.25, -0.2) is 4.68 Å². The predicted octanol–water partition coefficient (Wildman–Crippen LogP) is 1.79. The maximum absolute atomic E-state index is 9.34. The maximum atomic E-state index is 9.34. The van der Waals surface area contributed by atoms with Crippen molar-refractivity contribution >= 4 is 11.0 Å². The summed E-state index contributed by atoms with van der Waals surface area (Å²) in [5, 5.41) is 17.4. The van der Waals surface area contributed by atoms with Crippen LogP contribution in [-0.4, -0.2) is 20.1 Å². The first-order valence-electron chi connectivity index (χ1n) is 4.69. The van der Waals surface area contributed by atoms with E-state index in [0.717, 1.165) is 17.6 Å². The normalized spacial score (nSPS) is 11.4. The van der Waals surface area contributed by atoms with Gasteiger partial charge >= 0.3 is 0 Å². The van der Waals surface area contributed by atoms with Crippen LogP contribution in [0.3, 0.4) is 0 Å². The second-order valence-electron chi connectivity index (χ2n) is 3.84. The molecule has 2 aromatic rings. The largest absolute Gasteiger partial charge is 0.508 e. The summed E-state index contributed by atoms with van der Waals surface area (Å²) in [7, 11) is 0. The molecule has 0 fully saturated rings. The van der Waals surface area contributed by atoms with Crippen LogP contribution in [0, 0.1) is 5.92 Å². The molecule has 1 aromatic heterocycles. The molecule has 2 rings (SSSR count). The Kier molecular flexibility index (Phi) is 2.11. The lowest BCUT2D eigenvalue weighted by atomic mass is 10.2. The lowest BCUT2D eigenvalue weighted by Gasteiger charge is -2.04. The van der Waals surface area contributed by atoms with Crippen LogP contribution in [0.1, 0.15) is 13.8 Å². The number of benzene rings is 1. The van der Waals surface area contributed by atoms with Crippen LogP contribution in [0.25, 0.3) is 11.0 Å². The highest BCUT2D eigenvalue weighted by Gasteiger charge is 2.06. The van der Waals surface area contributed by atoms with E-state index in [9.17, 15) is 5.11 Å². The summed E-state index contributed by atoms with van der Waals surface area (Å²) in [5.41, 5.74) is 1.71. The van der Waals surface area contributed by atoms with E-state index in [4.69, 9.17) is 0 Å². The third-order valence-electron chi connectivity index (χ3n) is 2.04. The number of phenolic OH excluding ortho intramolecular Hbond substituents is 1. The van der Waals surface area contributed by atoms with Crippen molar-refractivity contribution in [3.8, 4) is 5.75 Å². The van der Waals surface area contributed by atoms with Gasteiger partial charge in [-0.2, -0.15) is 0 Å². The maximum Gasteiger partial charge on any atom is 0.117 e. The molecule has 0 bridgehead atoms. The topological polar surface area (TPSA) is 50.9 Å². The molecule has 0 aliphatic rings. The molecule has 4 nitrogen and oxygen atoms in total. The van der Waals surface area contributed by atoms with Crippen molar-refractivity contribution in [3.05, 3.63) is 18.2 Å². The summed E-state index contributed by atoms with van der Waals surface area (Å²) in [5.74, 6) is 0.770. The molecular formula is C10H13N3O. The summed E-state index contributed by atoms with van der Waals surface area (Å²) < 4.78 is 1.82. The molecule has 0 unspecified atom stereocenters. The van der Waals surface area contributed by atoms with Gasteiger partial charge in [0.2, 0.25) is 0 Å². The van der Waals surface area contributed by atoms with E-state index in [2.05, 4.69) is 24.2 Å². The van der Waals surface area contributed by atoms with E-state index in [1.165, 1.54) is 0 Å². The Hall–Kier alpha value is -1.58. The van der Waals surface area contributed by atoms with Crippen molar-refractivity contribution in [2.75, 3.05) is 0 Å². The predicted molar refractivity (Wildman–Crippen MR) is 54.0 cm³/mol. The van der Waals surface area contributed by atoms with Gasteiger partial charge in [0.1, 0.15) is 11.3 Å². The number of fused-ring (bicyclic) bond motifs is 1. The molecule has 1 aromatic carbocycles. The Balaban J connectivity index is 2.50. The molecule has 0 aliphatic carbocycles. The Morgan fingerprint density at radius 1 is 1.43 bits per heavy atom. The van der Waals surface area contributed by atoms with E-state index >= 15 is 0 Å². The minimum atomic E-state index is 0.254. The van der Waals surface area contributed by atoms with Crippen molar-refractivity contribution < 1.29 is 5.11 Å². The molecule has 0 saturated carbocycles. The second-order valence-corrected chi connectivity index (χ2v) is 3.84. The highest BCUT2D eigenvalue weighted by Crippen LogP contribution is 2.18. The molecule has 0 radical (unpaired) electrons. The van der Waals surface area contributed by atoms with Gasteiger partial charge in [0, 0.05) is 12.6 Å². The van der Waals surface area contributed by atoms with Crippen molar-refractivity contribution in [1.29, 1.82) is 0 Å². The van der Waals surface area contributed by atoms with Crippen molar-refractivity contribution in [3.63, 3.8) is 0 Å². The summed E-state index contributed by atoms with van der Waals surface area (Å²) in [4.78, 5) is 0. The van der Waals surface area contributed by atoms with Crippen molar-refractivity contribution in [1.82, 2.24) is 15.0 Å². The highest BCUT2D eigenvalue weighted by molar-refractivity contribution is 5.75. The average molecular weight is 191 g/mol. The smallest absolute Gasteiger partial charge is 0.117 e. The van der Waals surface area contributed by atoms with Crippen LogP contribution < -0.4 is 0 Å². The van der Waals surface area contributed by atoms with Crippen molar-refractivity contribution in [2.45, 2.75) is 20.4 Å². The SMILES string of the molecule is CC(C)Cn1nnc2ccc(O)cc21. The van der Waals surface area contributed by atoms with E-state index in [1.807, 2.05) is 4.68 Å². The third-order valence-corrected chi connectivity index (χ3v) is 2.04. The van der Waals surface area contributed by atoms with Crippen LogP contribution in [0.4, 0.5) is 0 Å². The molecule has 0 amide bonds. The number of nitrogens with zero attached hydrogens (tertiary/aromatic N) is 3. The minimum Gasteiger partial charge on any atom is -0.508 e. The Bertz CT molecular complexity index is 448. The zero-order valence-corrected chi connectivity index (χ0v) is 8.31. The summed E-state index contributed by atoms with van der Waals surface area (Å²) in [6.45, 7) is 5.06. The van der Waals surface area contributed by atoms with Crippen molar-refractivity contribution in [2.24, 2.45) is 5.92 Å². The Morgan fingerprint density at radius 3 is 2.93 bits per heavy atom. The zero-order chi connectivity index (χ0) is 10.1. The Morgan fingerprint density at radius 2 is 2.21 bits per heavy atom. The molecule has 0 aliphatic heterocycles. The molecule has 4 heteroatoms. The summed E-state index contributed by atoms with van der Waals surface area (Å²) in [6, 6.07) is 5.09. The van der Waals surface area contributed by atoms with Gasteiger partial charge in [-0.05, 0) is 18.1 Å². The van der Waals surface area contributed by atoms with Gasteiger partial charge in [-0.3, -0.25) is 0 Å². The standard InChI is InChI=1S/C10H13N3O/c1-7(2)6-13-10-5-8(14)3-4-9(10)11-12-13/h3-5,7,14H,6H2,1-2H3. The number of aromatic nitrogens is 3. The third kappa shape index (κ3) is 1.55. The first-order valence-corrected chi connectivity index (χ1v) is 4.69. The van der Waals surface area contributed by atoms with Gasteiger partial charge in [0.05, 0.1) is 5.52 Å². The fourth-order valence-corrected chi connectivity index (χ4v) is 1.43. The lowest BCUT2D eigenvalue weighted by molar-refractivity contribution is 0.471. The van der Waals surface area contributed by atoms with E-state index in [1.54, 1.807) is 18.2 Å². The number of hydrogen-bond donors (Lipinski definition) is 1. The van der Waals surface area contributed by atoms with E-state index in [0.29, 0.717) is 5.92 Å². The highest BCUT2D eigenvalue weighted by atomic mass is 16.3. The molecule has 1 N–H and O–H groups in total.